The zero-order chi connectivity index (χ0) is 22.1. The fourth-order valence-electron chi connectivity index (χ4n) is 3.23. The van der Waals surface area contributed by atoms with Crippen molar-refractivity contribution < 1.29 is 14.0 Å². The SMILES string of the molecule is CCCNC(=O)[C@@H](C)N(Cc1ccc(F)cc1)C(=O)CCc1ccc(C(C)C)cc1. The lowest BCUT2D eigenvalue weighted by atomic mass is 10.00. The van der Waals surface area contributed by atoms with Crippen LogP contribution < -0.4 is 5.32 Å². The molecule has 0 heterocycles. The molecule has 0 aliphatic rings. The summed E-state index contributed by atoms with van der Waals surface area (Å²) in [6.07, 6.45) is 1.75. The summed E-state index contributed by atoms with van der Waals surface area (Å²) in [6.45, 7) is 8.87. The van der Waals surface area contributed by atoms with Crippen LogP contribution >= 0.6 is 0 Å². The summed E-state index contributed by atoms with van der Waals surface area (Å²) < 4.78 is 13.3. The van der Waals surface area contributed by atoms with Crippen LogP contribution in [-0.4, -0.2) is 29.3 Å². The Morgan fingerprint density at radius 2 is 1.57 bits per heavy atom. The van der Waals surface area contributed by atoms with Gasteiger partial charge in [-0.1, -0.05) is 57.2 Å². The molecule has 0 aromatic heterocycles. The quantitative estimate of drug-likeness (QED) is 0.608. The van der Waals surface area contributed by atoms with Gasteiger partial charge in [0.1, 0.15) is 11.9 Å². The third kappa shape index (κ3) is 6.97. The Morgan fingerprint density at radius 1 is 0.967 bits per heavy atom. The number of carbonyl (C=O) groups is 2. The highest BCUT2D eigenvalue weighted by atomic mass is 19.1. The summed E-state index contributed by atoms with van der Waals surface area (Å²) in [5.41, 5.74) is 3.16. The standard InChI is InChI=1S/C25H33FN2O2/c1-5-16-27-25(30)19(4)28(17-21-8-13-23(26)14-9-21)24(29)15-10-20-6-11-22(12-7-20)18(2)3/h6-9,11-14,18-19H,5,10,15-17H2,1-4H3,(H,27,30)/t19-/m1/s1. The molecule has 0 saturated carbocycles. The molecule has 2 aromatic rings. The third-order valence-electron chi connectivity index (χ3n) is 5.26. The van der Waals surface area contributed by atoms with Crippen molar-refractivity contribution in [3.63, 3.8) is 0 Å². The first-order valence-corrected chi connectivity index (χ1v) is 10.7. The number of hydrogen-bond acceptors (Lipinski definition) is 2. The Labute approximate surface area is 179 Å². The third-order valence-corrected chi connectivity index (χ3v) is 5.26. The van der Waals surface area contributed by atoms with Gasteiger partial charge in [-0.25, -0.2) is 4.39 Å². The topological polar surface area (TPSA) is 49.4 Å². The predicted molar refractivity (Wildman–Crippen MR) is 119 cm³/mol. The average molecular weight is 413 g/mol. The van der Waals surface area contributed by atoms with Gasteiger partial charge >= 0.3 is 0 Å². The molecule has 2 rings (SSSR count). The second-order valence-electron chi connectivity index (χ2n) is 8.01. The van der Waals surface area contributed by atoms with Gasteiger partial charge in [0.05, 0.1) is 0 Å². The molecule has 2 aromatic carbocycles. The van der Waals surface area contributed by atoms with Crippen LogP contribution in [0.25, 0.3) is 0 Å². The van der Waals surface area contributed by atoms with Crippen molar-refractivity contribution in [3.05, 3.63) is 71.0 Å². The van der Waals surface area contributed by atoms with Gasteiger partial charge < -0.3 is 10.2 Å². The Morgan fingerprint density at radius 3 is 2.13 bits per heavy atom. The molecule has 1 atom stereocenters. The summed E-state index contributed by atoms with van der Waals surface area (Å²) in [7, 11) is 0. The molecule has 5 heteroatoms. The number of benzene rings is 2. The van der Waals surface area contributed by atoms with Gasteiger partial charge in [-0.15, -0.1) is 0 Å². The van der Waals surface area contributed by atoms with E-state index in [1.165, 1.54) is 17.7 Å². The molecule has 1 N–H and O–H groups in total. The van der Waals surface area contributed by atoms with Gasteiger partial charge in [-0.2, -0.15) is 0 Å². The second kappa shape index (κ2) is 11.5. The summed E-state index contributed by atoms with van der Waals surface area (Å²) in [4.78, 5) is 27.1. The normalized spacial score (nSPS) is 11.9. The van der Waals surface area contributed by atoms with Crippen LogP contribution in [0.4, 0.5) is 4.39 Å². The lowest BCUT2D eigenvalue weighted by molar-refractivity contribution is -0.140. The minimum Gasteiger partial charge on any atom is -0.354 e. The van der Waals surface area contributed by atoms with Gasteiger partial charge in [-0.05, 0) is 54.5 Å². The number of hydrogen-bond donors (Lipinski definition) is 1. The van der Waals surface area contributed by atoms with Gasteiger partial charge in [0, 0.05) is 19.5 Å². The maximum atomic E-state index is 13.3. The number of halogens is 1. The average Bonchev–Trinajstić information content (AvgIpc) is 2.75. The molecule has 0 aliphatic heterocycles. The number of carbonyl (C=O) groups excluding carboxylic acids is 2. The zero-order valence-electron chi connectivity index (χ0n) is 18.5. The minimum absolute atomic E-state index is 0.0913. The van der Waals surface area contributed by atoms with Crippen molar-refractivity contribution in [1.29, 1.82) is 0 Å². The fourth-order valence-corrected chi connectivity index (χ4v) is 3.23. The highest BCUT2D eigenvalue weighted by molar-refractivity contribution is 5.87. The van der Waals surface area contributed by atoms with Crippen molar-refractivity contribution in [3.8, 4) is 0 Å². The van der Waals surface area contributed by atoms with Gasteiger partial charge in [0.25, 0.3) is 0 Å². The van der Waals surface area contributed by atoms with Crippen molar-refractivity contribution in [2.24, 2.45) is 0 Å². The minimum atomic E-state index is -0.600. The molecule has 0 aliphatic carbocycles. The summed E-state index contributed by atoms with van der Waals surface area (Å²) >= 11 is 0. The van der Waals surface area contributed by atoms with Crippen molar-refractivity contribution in [2.45, 2.75) is 65.5 Å². The summed E-state index contributed by atoms with van der Waals surface area (Å²) in [5, 5.41) is 2.86. The van der Waals surface area contributed by atoms with Crippen LogP contribution in [0.15, 0.2) is 48.5 Å². The van der Waals surface area contributed by atoms with Crippen LogP contribution in [0.2, 0.25) is 0 Å². The first kappa shape index (κ1) is 23.6. The lowest BCUT2D eigenvalue weighted by Gasteiger charge is -2.29. The highest BCUT2D eigenvalue weighted by Gasteiger charge is 2.25. The smallest absolute Gasteiger partial charge is 0.242 e. The van der Waals surface area contributed by atoms with Crippen LogP contribution in [-0.2, 0) is 22.6 Å². The number of rotatable bonds is 10. The number of nitrogens with zero attached hydrogens (tertiary/aromatic N) is 1. The van der Waals surface area contributed by atoms with Gasteiger partial charge in [-0.3, -0.25) is 9.59 Å². The number of aryl methyl sites for hydroxylation is 1. The van der Waals surface area contributed by atoms with Gasteiger partial charge in [0.2, 0.25) is 11.8 Å². The molecule has 162 valence electrons. The predicted octanol–water partition coefficient (Wildman–Crippen LogP) is 4.83. The van der Waals surface area contributed by atoms with Crippen LogP contribution in [0.5, 0.6) is 0 Å². The molecule has 0 spiro atoms. The van der Waals surface area contributed by atoms with Gasteiger partial charge in [0.15, 0.2) is 0 Å². The fraction of sp³-hybridized carbons (Fsp3) is 0.440. The van der Waals surface area contributed by atoms with Crippen molar-refractivity contribution in [2.75, 3.05) is 6.54 Å². The molecular weight excluding hydrogens is 379 g/mol. The van der Waals surface area contributed by atoms with E-state index in [4.69, 9.17) is 0 Å². The van der Waals surface area contributed by atoms with Crippen LogP contribution in [0.3, 0.4) is 0 Å². The van der Waals surface area contributed by atoms with Crippen LogP contribution in [0.1, 0.15) is 63.1 Å². The molecule has 0 saturated heterocycles. The van der Waals surface area contributed by atoms with Crippen LogP contribution in [0, 0.1) is 5.82 Å². The monoisotopic (exact) mass is 412 g/mol. The van der Waals surface area contributed by atoms with E-state index in [2.05, 4.69) is 43.4 Å². The molecule has 0 bridgehead atoms. The van der Waals surface area contributed by atoms with E-state index in [0.29, 0.717) is 25.3 Å². The van der Waals surface area contributed by atoms with E-state index in [9.17, 15) is 14.0 Å². The maximum Gasteiger partial charge on any atom is 0.242 e. The van der Waals surface area contributed by atoms with E-state index < -0.39 is 6.04 Å². The van der Waals surface area contributed by atoms with Crippen molar-refractivity contribution in [1.82, 2.24) is 10.2 Å². The summed E-state index contributed by atoms with van der Waals surface area (Å²) in [5.74, 6) is -0.121. The first-order chi connectivity index (χ1) is 14.3. The lowest BCUT2D eigenvalue weighted by Crippen LogP contribution is -2.47. The van der Waals surface area contributed by atoms with Crippen molar-refractivity contribution >= 4 is 11.8 Å². The zero-order valence-corrected chi connectivity index (χ0v) is 18.5. The van der Waals surface area contributed by atoms with E-state index in [1.807, 2.05) is 6.92 Å². The Balaban J connectivity index is 2.09. The van der Waals surface area contributed by atoms with E-state index in [0.717, 1.165) is 17.5 Å². The molecule has 0 fully saturated rings. The molecule has 2 amide bonds. The Bertz CT molecular complexity index is 816. The largest absolute Gasteiger partial charge is 0.354 e. The maximum absolute atomic E-state index is 13.3. The van der Waals surface area contributed by atoms with E-state index >= 15 is 0 Å². The summed E-state index contributed by atoms with van der Waals surface area (Å²) in [6, 6.07) is 13.8. The number of nitrogens with one attached hydrogen (secondary N) is 1. The first-order valence-electron chi connectivity index (χ1n) is 10.7. The number of amides is 2. The van der Waals surface area contributed by atoms with E-state index in [-0.39, 0.29) is 24.2 Å². The molecule has 0 radical (unpaired) electrons. The molecule has 4 nitrogen and oxygen atoms in total. The highest BCUT2D eigenvalue weighted by Crippen LogP contribution is 2.17. The Hall–Kier alpha value is -2.69. The van der Waals surface area contributed by atoms with E-state index in [1.54, 1.807) is 24.0 Å². The molecule has 30 heavy (non-hydrogen) atoms. The molecule has 0 unspecified atom stereocenters. The molecular formula is C25H33FN2O2. The Kier molecular flexibility index (Phi) is 9.03. The second-order valence-corrected chi connectivity index (χ2v) is 8.01.